The third kappa shape index (κ3) is 4.01. The van der Waals surface area contributed by atoms with Gasteiger partial charge < -0.3 is 19.5 Å². The molecule has 2 aromatic heterocycles. The summed E-state index contributed by atoms with van der Waals surface area (Å²) in [6.45, 7) is 4.22. The zero-order valence-electron chi connectivity index (χ0n) is 15.4. The van der Waals surface area contributed by atoms with Crippen LogP contribution in [-0.2, 0) is 4.79 Å². The summed E-state index contributed by atoms with van der Waals surface area (Å²) in [5.74, 6) is -0.159. The summed E-state index contributed by atoms with van der Waals surface area (Å²) in [4.78, 5) is 21.2. The summed E-state index contributed by atoms with van der Waals surface area (Å²) < 4.78 is 1.94. The minimum Gasteiger partial charge on any atom is -0.369 e. The van der Waals surface area contributed by atoms with E-state index in [4.69, 9.17) is 0 Å². The molecule has 6 heteroatoms. The zero-order chi connectivity index (χ0) is 18.6. The number of imidazole rings is 1. The van der Waals surface area contributed by atoms with Gasteiger partial charge in [0.15, 0.2) is 0 Å². The summed E-state index contributed by atoms with van der Waals surface area (Å²) in [7, 11) is 2.15. The number of carbonyl (C=O) groups is 1. The molecule has 0 unspecified atom stereocenters. The van der Waals surface area contributed by atoms with Gasteiger partial charge in [-0.1, -0.05) is 6.07 Å². The van der Waals surface area contributed by atoms with E-state index in [1.54, 1.807) is 12.3 Å². The lowest BCUT2D eigenvalue weighted by Gasteiger charge is -2.34. The van der Waals surface area contributed by atoms with Gasteiger partial charge in [0.1, 0.15) is 5.65 Å². The van der Waals surface area contributed by atoms with Crippen molar-refractivity contribution in [3.05, 3.63) is 66.6 Å². The van der Waals surface area contributed by atoms with Crippen molar-refractivity contribution in [1.29, 1.82) is 0 Å². The molecule has 27 heavy (non-hydrogen) atoms. The monoisotopic (exact) mass is 361 g/mol. The number of fused-ring (bicyclic) bond motifs is 1. The Kier molecular flexibility index (Phi) is 4.89. The Bertz CT molecular complexity index is 952. The number of hydrogen-bond donors (Lipinski definition) is 1. The first-order valence-electron chi connectivity index (χ1n) is 9.14. The fourth-order valence-electron chi connectivity index (χ4n) is 3.24. The molecular weight excluding hydrogens is 338 g/mol. The lowest BCUT2D eigenvalue weighted by molar-refractivity contribution is -0.111. The highest BCUT2D eigenvalue weighted by Gasteiger charge is 2.14. The number of piperazine rings is 1. The van der Waals surface area contributed by atoms with E-state index >= 15 is 0 Å². The first kappa shape index (κ1) is 17.3. The first-order valence-corrected chi connectivity index (χ1v) is 9.14. The van der Waals surface area contributed by atoms with Gasteiger partial charge in [-0.25, -0.2) is 4.98 Å². The van der Waals surface area contributed by atoms with Crippen LogP contribution in [-0.4, -0.2) is 53.4 Å². The molecule has 4 rings (SSSR count). The lowest BCUT2D eigenvalue weighted by atomic mass is 10.2. The van der Waals surface area contributed by atoms with Gasteiger partial charge in [-0.15, -0.1) is 0 Å². The van der Waals surface area contributed by atoms with E-state index in [1.807, 2.05) is 40.9 Å². The number of nitrogens with zero attached hydrogens (tertiary/aromatic N) is 4. The largest absolute Gasteiger partial charge is 0.369 e. The van der Waals surface area contributed by atoms with Crippen molar-refractivity contribution in [2.24, 2.45) is 0 Å². The number of hydrogen-bond acceptors (Lipinski definition) is 4. The van der Waals surface area contributed by atoms with Gasteiger partial charge in [0.2, 0.25) is 5.91 Å². The van der Waals surface area contributed by atoms with Crippen LogP contribution < -0.4 is 10.2 Å². The third-order valence-electron chi connectivity index (χ3n) is 4.85. The smallest absolute Gasteiger partial charge is 0.248 e. The highest BCUT2D eigenvalue weighted by atomic mass is 16.1. The number of likely N-dealkylation sites (N-methyl/N-ethyl adjacent to an activating group) is 1. The number of nitrogens with one attached hydrogen (secondary N) is 1. The first-order chi connectivity index (χ1) is 13.2. The molecule has 1 aromatic carbocycles. The van der Waals surface area contributed by atoms with Crippen molar-refractivity contribution in [3.8, 4) is 0 Å². The van der Waals surface area contributed by atoms with Crippen LogP contribution in [0.5, 0.6) is 0 Å². The van der Waals surface area contributed by atoms with Gasteiger partial charge >= 0.3 is 0 Å². The second kappa shape index (κ2) is 7.63. The average Bonchev–Trinajstić information content (AvgIpc) is 3.11. The summed E-state index contributed by atoms with van der Waals surface area (Å²) in [5.41, 5.74) is 3.71. The number of anilines is 2. The van der Waals surface area contributed by atoms with Crippen LogP contribution in [0, 0.1) is 0 Å². The SMILES string of the molecule is CN1CCN(c2ccc(NC(=O)/C=C/c3cnc4ccccn34)cc2)CC1. The molecule has 6 nitrogen and oxygen atoms in total. The van der Waals surface area contributed by atoms with Crippen molar-refractivity contribution in [2.75, 3.05) is 43.4 Å². The second-order valence-corrected chi connectivity index (χ2v) is 6.77. The molecule has 0 bridgehead atoms. The maximum absolute atomic E-state index is 12.2. The quantitative estimate of drug-likeness (QED) is 0.726. The normalized spacial score (nSPS) is 15.5. The number of rotatable bonds is 4. The molecule has 1 fully saturated rings. The van der Waals surface area contributed by atoms with Crippen LogP contribution in [0.3, 0.4) is 0 Å². The Morgan fingerprint density at radius 2 is 1.85 bits per heavy atom. The number of amides is 1. The van der Waals surface area contributed by atoms with Crippen molar-refractivity contribution in [2.45, 2.75) is 0 Å². The molecule has 1 N–H and O–H groups in total. The third-order valence-corrected chi connectivity index (χ3v) is 4.85. The van der Waals surface area contributed by atoms with Gasteiger partial charge in [-0.05, 0) is 49.5 Å². The van der Waals surface area contributed by atoms with E-state index in [1.165, 1.54) is 11.8 Å². The van der Waals surface area contributed by atoms with Gasteiger partial charge in [0.25, 0.3) is 0 Å². The summed E-state index contributed by atoms with van der Waals surface area (Å²) in [5, 5.41) is 2.91. The zero-order valence-corrected chi connectivity index (χ0v) is 15.4. The summed E-state index contributed by atoms with van der Waals surface area (Å²) >= 11 is 0. The highest BCUT2D eigenvalue weighted by molar-refractivity contribution is 6.01. The maximum atomic E-state index is 12.2. The fraction of sp³-hybridized carbons (Fsp3) is 0.238. The standard InChI is InChI=1S/C21H23N5O/c1-24-12-14-25(15-13-24)18-7-5-17(6-8-18)23-21(27)10-9-19-16-22-20-4-2-3-11-26(19)20/h2-11,16H,12-15H2,1H3,(H,23,27)/b10-9+. The Hall–Kier alpha value is -3.12. The van der Waals surface area contributed by atoms with E-state index in [2.05, 4.69) is 39.3 Å². The molecule has 3 aromatic rings. The van der Waals surface area contributed by atoms with E-state index < -0.39 is 0 Å². The molecule has 138 valence electrons. The van der Waals surface area contributed by atoms with Crippen LogP contribution in [0.1, 0.15) is 5.69 Å². The molecule has 0 aliphatic carbocycles. The minimum absolute atomic E-state index is 0.159. The van der Waals surface area contributed by atoms with Gasteiger partial charge in [0, 0.05) is 49.8 Å². The van der Waals surface area contributed by atoms with E-state index in [9.17, 15) is 4.79 Å². The predicted octanol–water partition coefficient (Wildman–Crippen LogP) is 2.74. The van der Waals surface area contributed by atoms with E-state index in [-0.39, 0.29) is 5.91 Å². The average molecular weight is 361 g/mol. The Morgan fingerprint density at radius 1 is 1.07 bits per heavy atom. The van der Waals surface area contributed by atoms with Crippen molar-refractivity contribution < 1.29 is 4.79 Å². The van der Waals surface area contributed by atoms with Crippen molar-refractivity contribution in [3.63, 3.8) is 0 Å². The summed E-state index contributed by atoms with van der Waals surface area (Å²) in [6.07, 6.45) is 6.99. The van der Waals surface area contributed by atoms with Gasteiger partial charge in [-0.2, -0.15) is 0 Å². The number of benzene rings is 1. The fourth-order valence-corrected chi connectivity index (χ4v) is 3.24. The number of carbonyl (C=O) groups excluding carboxylic acids is 1. The molecule has 1 amide bonds. The molecule has 0 atom stereocenters. The van der Waals surface area contributed by atoms with Gasteiger partial charge in [-0.3, -0.25) is 4.79 Å². The molecule has 1 saturated heterocycles. The van der Waals surface area contributed by atoms with Crippen LogP contribution in [0.15, 0.2) is 60.9 Å². The van der Waals surface area contributed by atoms with Crippen molar-refractivity contribution in [1.82, 2.24) is 14.3 Å². The van der Waals surface area contributed by atoms with Gasteiger partial charge in [0.05, 0.1) is 11.9 Å². The number of pyridine rings is 1. The molecule has 0 saturated carbocycles. The molecule has 0 radical (unpaired) electrons. The Balaban J connectivity index is 1.38. The highest BCUT2D eigenvalue weighted by Crippen LogP contribution is 2.19. The second-order valence-electron chi connectivity index (χ2n) is 6.77. The lowest BCUT2D eigenvalue weighted by Crippen LogP contribution is -2.44. The maximum Gasteiger partial charge on any atom is 0.248 e. The predicted molar refractivity (Wildman–Crippen MR) is 109 cm³/mol. The molecule has 1 aliphatic heterocycles. The Labute approximate surface area is 158 Å². The van der Waals surface area contributed by atoms with E-state index in [0.717, 1.165) is 43.2 Å². The molecular formula is C21H23N5O. The van der Waals surface area contributed by atoms with Crippen LogP contribution in [0.2, 0.25) is 0 Å². The van der Waals surface area contributed by atoms with E-state index in [0.29, 0.717) is 0 Å². The molecule has 3 heterocycles. The molecule has 1 aliphatic rings. The summed E-state index contributed by atoms with van der Waals surface area (Å²) in [6, 6.07) is 13.8. The number of aromatic nitrogens is 2. The van der Waals surface area contributed by atoms with Crippen LogP contribution >= 0.6 is 0 Å². The topological polar surface area (TPSA) is 52.9 Å². The van der Waals surface area contributed by atoms with Crippen LogP contribution in [0.4, 0.5) is 11.4 Å². The van der Waals surface area contributed by atoms with Crippen molar-refractivity contribution >= 4 is 29.0 Å². The Morgan fingerprint density at radius 3 is 2.63 bits per heavy atom. The minimum atomic E-state index is -0.159. The van der Waals surface area contributed by atoms with Crippen LogP contribution in [0.25, 0.3) is 11.7 Å². The molecule has 0 spiro atoms.